The Balaban J connectivity index is 1.48. The summed E-state index contributed by atoms with van der Waals surface area (Å²) in [4.78, 5) is 4.56. The van der Waals surface area contributed by atoms with Crippen LogP contribution in [0.2, 0.25) is 0 Å². The third kappa shape index (κ3) is 3.68. The number of fused-ring (bicyclic) bond motifs is 3. The summed E-state index contributed by atoms with van der Waals surface area (Å²) in [5, 5.41) is 7.41. The maximum atomic E-state index is 4.56. The fourth-order valence-electron chi connectivity index (χ4n) is 5.56. The van der Waals surface area contributed by atoms with E-state index in [2.05, 4.69) is 133 Å². The molecule has 7 aromatic rings. The summed E-state index contributed by atoms with van der Waals surface area (Å²) in [6.07, 6.45) is 3.93. The van der Waals surface area contributed by atoms with Crippen molar-refractivity contribution < 1.29 is 0 Å². The molecule has 1 aromatic heterocycles. The van der Waals surface area contributed by atoms with Crippen molar-refractivity contribution in [2.45, 2.75) is 6.92 Å². The highest BCUT2D eigenvalue weighted by molar-refractivity contribution is 6.21. The molecule has 1 heterocycles. The second-order valence-electron chi connectivity index (χ2n) is 9.72. The van der Waals surface area contributed by atoms with Gasteiger partial charge in [-0.2, -0.15) is 0 Å². The minimum atomic E-state index is 1.17. The fraction of sp³-hybridized carbons (Fsp3) is 0.0278. The van der Waals surface area contributed by atoms with Crippen molar-refractivity contribution in [1.82, 2.24) is 4.98 Å². The van der Waals surface area contributed by atoms with Crippen molar-refractivity contribution in [3.63, 3.8) is 0 Å². The normalized spacial score (nSPS) is 11.4. The Labute approximate surface area is 216 Å². The Morgan fingerprint density at radius 2 is 0.973 bits per heavy atom. The highest BCUT2D eigenvalue weighted by Crippen LogP contribution is 2.44. The monoisotopic (exact) mass is 471 g/mol. The standard InChI is InChI=1S/C36H25N/c1-24-10-12-26(13-11-24)27-14-17-28(18-15-27)35-31-8-4-5-9-32(31)36(33-20-21-37-23-34(33)35)30-19-16-25-6-2-3-7-29(25)22-30/h2-23H,1H3. The predicted molar refractivity (Wildman–Crippen MR) is 158 cm³/mol. The largest absolute Gasteiger partial charge is 0.264 e. The third-order valence-electron chi connectivity index (χ3n) is 7.42. The Morgan fingerprint density at radius 1 is 0.432 bits per heavy atom. The van der Waals surface area contributed by atoms with Gasteiger partial charge in [0.1, 0.15) is 0 Å². The van der Waals surface area contributed by atoms with Crippen molar-refractivity contribution >= 4 is 32.3 Å². The molecule has 1 heteroatoms. The first-order chi connectivity index (χ1) is 18.3. The lowest BCUT2D eigenvalue weighted by molar-refractivity contribution is 1.37. The van der Waals surface area contributed by atoms with Gasteiger partial charge in [0.2, 0.25) is 0 Å². The number of rotatable bonds is 3. The first kappa shape index (κ1) is 21.5. The lowest BCUT2D eigenvalue weighted by Crippen LogP contribution is -1.91. The molecule has 174 valence electrons. The topological polar surface area (TPSA) is 12.9 Å². The SMILES string of the molecule is Cc1ccc(-c2ccc(-c3c4ccccc4c(-c4ccc5ccccc5c4)c4ccncc34)cc2)cc1. The summed E-state index contributed by atoms with van der Waals surface area (Å²) in [5.74, 6) is 0. The predicted octanol–water partition coefficient (Wildman–Crippen LogP) is 9.85. The Morgan fingerprint density at radius 3 is 1.70 bits per heavy atom. The molecule has 37 heavy (non-hydrogen) atoms. The molecule has 0 spiro atoms. The molecule has 0 aliphatic heterocycles. The Hall–Kier alpha value is -4.75. The van der Waals surface area contributed by atoms with Gasteiger partial charge < -0.3 is 0 Å². The molecule has 0 saturated heterocycles. The van der Waals surface area contributed by atoms with Crippen LogP contribution in [0.5, 0.6) is 0 Å². The van der Waals surface area contributed by atoms with Gasteiger partial charge in [-0.1, -0.05) is 115 Å². The number of aromatic nitrogens is 1. The summed E-state index contributed by atoms with van der Waals surface area (Å²) < 4.78 is 0. The van der Waals surface area contributed by atoms with E-state index in [0.29, 0.717) is 0 Å². The summed E-state index contributed by atoms with van der Waals surface area (Å²) in [5.41, 5.74) is 8.67. The van der Waals surface area contributed by atoms with Crippen LogP contribution in [0, 0.1) is 6.92 Å². The van der Waals surface area contributed by atoms with Crippen molar-refractivity contribution in [3.8, 4) is 33.4 Å². The second-order valence-corrected chi connectivity index (χ2v) is 9.72. The molecule has 0 unspecified atom stereocenters. The summed E-state index contributed by atoms with van der Waals surface area (Å²) in [7, 11) is 0. The summed E-state index contributed by atoms with van der Waals surface area (Å²) >= 11 is 0. The van der Waals surface area contributed by atoms with Crippen LogP contribution in [-0.2, 0) is 0 Å². The molecule has 0 amide bonds. The van der Waals surface area contributed by atoms with Crippen LogP contribution in [0.15, 0.2) is 134 Å². The number of pyridine rings is 1. The first-order valence-corrected chi connectivity index (χ1v) is 12.7. The molecule has 0 aliphatic rings. The molecule has 0 bridgehead atoms. The highest BCUT2D eigenvalue weighted by atomic mass is 14.6. The van der Waals surface area contributed by atoms with Crippen molar-refractivity contribution in [2.24, 2.45) is 0 Å². The second kappa shape index (κ2) is 8.72. The lowest BCUT2D eigenvalue weighted by atomic mass is 9.86. The van der Waals surface area contributed by atoms with E-state index in [0.717, 1.165) is 0 Å². The fourth-order valence-corrected chi connectivity index (χ4v) is 5.56. The number of nitrogens with zero attached hydrogens (tertiary/aromatic N) is 1. The Kier molecular flexibility index (Phi) is 5.08. The van der Waals surface area contributed by atoms with Gasteiger partial charge in [-0.05, 0) is 79.4 Å². The quantitative estimate of drug-likeness (QED) is 0.234. The zero-order valence-corrected chi connectivity index (χ0v) is 20.6. The number of aryl methyl sites for hydroxylation is 1. The summed E-state index contributed by atoms with van der Waals surface area (Å²) in [6, 6.07) is 44.0. The van der Waals surface area contributed by atoms with Gasteiger partial charge in [0.05, 0.1) is 0 Å². The molecular weight excluding hydrogens is 446 g/mol. The van der Waals surface area contributed by atoms with Gasteiger partial charge in [0, 0.05) is 17.8 Å². The molecule has 0 saturated carbocycles. The van der Waals surface area contributed by atoms with Crippen LogP contribution >= 0.6 is 0 Å². The Bertz CT molecular complexity index is 1860. The van der Waals surface area contributed by atoms with Crippen LogP contribution in [0.1, 0.15) is 5.56 Å². The molecule has 0 fully saturated rings. The van der Waals surface area contributed by atoms with Gasteiger partial charge in [-0.25, -0.2) is 0 Å². The van der Waals surface area contributed by atoms with Gasteiger partial charge >= 0.3 is 0 Å². The third-order valence-corrected chi connectivity index (χ3v) is 7.42. The number of benzene rings is 6. The van der Waals surface area contributed by atoms with Crippen LogP contribution in [-0.4, -0.2) is 4.98 Å². The van der Waals surface area contributed by atoms with E-state index < -0.39 is 0 Å². The van der Waals surface area contributed by atoms with Crippen LogP contribution in [0.25, 0.3) is 65.7 Å². The van der Waals surface area contributed by atoms with Gasteiger partial charge in [-0.15, -0.1) is 0 Å². The van der Waals surface area contributed by atoms with Crippen LogP contribution < -0.4 is 0 Å². The molecule has 0 N–H and O–H groups in total. The molecule has 0 aliphatic carbocycles. The van der Waals surface area contributed by atoms with Crippen LogP contribution in [0.3, 0.4) is 0 Å². The van der Waals surface area contributed by atoms with E-state index in [4.69, 9.17) is 0 Å². The molecule has 6 aromatic carbocycles. The summed E-state index contributed by atoms with van der Waals surface area (Å²) in [6.45, 7) is 2.12. The minimum Gasteiger partial charge on any atom is -0.264 e. The average Bonchev–Trinajstić information content (AvgIpc) is 2.96. The average molecular weight is 472 g/mol. The number of hydrogen-bond acceptors (Lipinski definition) is 1. The van der Waals surface area contributed by atoms with E-state index in [9.17, 15) is 0 Å². The zero-order chi connectivity index (χ0) is 24.8. The highest BCUT2D eigenvalue weighted by Gasteiger charge is 2.17. The molecule has 1 nitrogen and oxygen atoms in total. The van der Waals surface area contributed by atoms with E-state index in [1.165, 1.54) is 71.3 Å². The maximum absolute atomic E-state index is 4.56. The molecule has 0 atom stereocenters. The zero-order valence-electron chi connectivity index (χ0n) is 20.6. The minimum absolute atomic E-state index is 1.17. The maximum Gasteiger partial charge on any atom is 0.0353 e. The van der Waals surface area contributed by atoms with Gasteiger partial charge in [0.25, 0.3) is 0 Å². The van der Waals surface area contributed by atoms with Crippen LogP contribution in [0.4, 0.5) is 0 Å². The first-order valence-electron chi connectivity index (χ1n) is 12.7. The molecule has 7 rings (SSSR count). The number of hydrogen-bond donors (Lipinski definition) is 0. The van der Waals surface area contributed by atoms with Crippen molar-refractivity contribution in [1.29, 1.82) is 0 Å². The molecular formula is C36H25N. The van der Waals surface area contributed by atoms with E-state index in [-0.39, 0.29) is 0 Å². The van der Waals surface area contributed by atoms with Crippen molar-refractivity contribution in [2.75, 3.05) is 0 Å². The van der Waals surface area contributed by atoms with E-state index in [1.54, 1.807) is 0 Å². The molecule has 0 radical (unpaired) electrons. The van der Waals surface area contributed by atoms with Gasteiger partial charge in [0.15, 0.2) is 0 Å². The lowest BCUT2D eigenvalue weighted by Gasteiger charge is -2.18. The smallest absolute Gasteiger partial charge is 0.0353 e. The van der Waals surface area contributed by atoms with Crippen molar-refractivity contribution in [3.05, 3.63) is 139 Å². The van der Waals surface area contributed by atoms with Gasteiger partial charge in [-0.3, -0.25) is 4.98 Å². The van der Waals surface area contributed by atoms with E-state index >= 15 is 0 Å². The van der Waals surface area contributed by atoms with E-state index in [1.807, 2.05) is 12.4 Å².